The van der Waals surface area contributed by atoms with Crippen LogP contribution in [0.5, 0.6) is 0 Å². The lowest BCUT2D eigenvalue weighted by molar-refractivity contribution is 0.513. The van der Waals surface area contributed by atoms with Crippen molar-refractivity contribution < 1.29 is 0 Å². The number of fused-ring (bicyclic) bond motifs is 4. The van der Waals surface area contributed by atoms with Crippen LogP contribution in [0.3, 0.4) is 0 Å². The molecule has 2 nitrogen and oxygen atoms in total. The van der Waals surface area contributed by atoms with Crippen molar-refractivity contribution in [3.8, 4) is 22.3 Å². The third kappa shape index (κ3) is 4.08. The van der Waals surface area contributed by atoms with Crippen molar-refractivity contribution in [1.29, 1.82) is 0 Å². The van der Waals surface area contributed by atoms with Crippen LogP contribution in [0.4, 0.5) is 17.1 Å². The first-order chi connectivity index (χ1) is 20.3. The van der Waals surface area contributed by atoms with Gasteiger partial charge in [0.1, 0.15) is 0 Å². The van der Waals surface area contributed by atoms with Crippen molar-refractivity contribution in [2.24, 2.45) is 0 Å². The SMILES string of the molecule is CCN(CC)P1(=S)c2ccc(-c3ccccc3)cc2N2c3cc(-c4ccccc4)ccc3P(C)(=S)c3cc(C)cc1c32. The first kappa shape index (κ1) is 28.0. The molecule has 0 N–H and O–H groups in total. The smallest absolute Gasteiger partial charge is 0.0751 e. The second-order valence-electron chi connectivity index (χ2n) is 11.3. The number of nitrogens with zero attached hydrogens (tertiary/aromatic N) is 2. The van der Waals surface area contributed by atoms with E-state index in [0.717, 1.165) is 13.1 Å². The minimum atomic E-state index is -2.33. The van der Waals surface area contributed by atoms with E-state index in [1.165, 1.54) is 66.1 Å². The summed E-state index contributed by atoms with van der Waals surface area (Å²) in [6, 6.07) is 37.9. The highest BCUT2D eigenvalue weighted by atomic mass is 32.4. The lowest BCUT2D eigenvalue weighted by Crippen LogP contribution is -2.45. The molecule has 2 atom stereocenters. The van der Waals surface area contributed by atoms with Gasteiger partial charge < -0.3 is 4.90 Å². The molecule has 2 aliphatic heterocycles. The lowest BCUT2D eigenvalue weighted by atomic mass is 10.0. The van der Waals surface area contributed by atoms with Gasteiger partial charge in [0.15, 0.2) is 0 Å². The van der Waals surface area contributed by atoms with Gasteiger partial charge in [0, 0.05) is 40.3 Å². The van der Waals surface area contributed by atoms with E-state index < -0.39 is 12.2 Å². The Labute approximate surface area is 260 Å². The van der Waals surface area contributed by atoms with E-state index in [1.807, 2.05) is 0 Å². The highest BCUT2D eigenvalue weighted by Crippen LogP contribution is 2.62. The molecule has 5 aromatic carbocycles. The number of benzene rings is 5. The standard InChI is InChI=1S/C36H34N2P2S2/c1-5-37(6-2)40(42)33-20-18-29(27-15-11-8-12-16-27)24-31(33)38-30-23-28(26-13-9-7-10-14-26)17-19-32(30)39(4,41)34-21-25(3)22-35(40)36(34)38/h7-24H,5-6H2,1-4H3. The van der Waals surface area contributed by atoms with Crippen molar-refractivity contribution >= 4 is 74.1 Å². The maximum atomic E-state index is 6.95. The molecule has 0 saturated carbocycles. The van der Waals surface area contributed by atoms with Crippen LogP contribution < -0.4 is 26.1 Å². The van der Waals surface area contributed by atoms with Crippen LogP contribution in [0, 0.1) is 6.92 Å². The molecule has 0 amide bonds. The van der Waals surface area contributed by atoms with Crippen molar-refractivity contribution in [2.45, 2.75) is 20.8 Å². The molecule has 2 unspecified atom stereocenters. The van der Waals surface area contributed by atoms with Gasteiger partial charge in [-0.1, -0.05) is 116 Å². The fraction of sp³-hybridized carbons (Fsp3) is 0.167. The van der Waals surface area contributed by atoms with Crippen LogP contribution in [0.25, 0.3) is 22.3 Å². The van der Waals surface area contributed by atoms with Gasteiger partial charge in [-0.25, -0.2) is 0 Å². The number of rotatable bonds is 5. The van der Waals surface area contributed by atoms with Gasteiger partial charge in [0.05, 0.1) is 23.3 Å². The molecule has 0 saturated heterocycles. The fourth-order valence-corrected chi connectivity index (χ4v) is 14.9. The van der Waals surface area contributed by atoms with Gasteiger partial charge in [-0.05, 0) is 71.7 Å². The fourth-order valence-electron chi connectivity index (χ4n) is 6.73. The Balaban J connectivity index is 1.61. The maximum Gasteiger partial charge on any atom is 0.0751 e. The first-order valence-corrected chi connectivity index (χ1v) is 20.6. The summed E-state index contributed by atoms with van der Waals surface area (Å²) in [6.07, 6.45) is -2.33. The molecule has 0 fully saturated rings. The normalized spacial score (nSPS) is 20.2. The number of hydrogen-bond donors (Lipinski definition) is 0. The van der Waals surface area contributed by atoms with Crippen LogP contribution in [0.1, 0.15) is 19.4 Å². The predicted octanol–water partition coefficient (Wildman–Crippen LogP) is 8.17. The zero-order valence-electron chi connectivity index (χ0n) is 24.4. The summed E-state index contributed by atoms with van der Waals surface area (Å²) >= 11 is 13.6. The molecule has 0 bridgehead atoms. The summed E-state index contributed by atoms with van der Waals surface area (Å²) in [6.45, 7) is 10.8. The van der Waals surface area contributed by atoms with E-state index in [-0.39, 0.29) is 0 Å². The van der Waals surface area contributed by atoms with Gasteiger partial charge in [-0.3, -0.25) is 4.67 Å². The molecule has 0 radical (unpaired) electrons. The third-order valence-electron chi connectivity index (χ3n) is 8.79. The van der Waals surface area contributed by atoms with Gasteiger partial charge in [0.25, 0.3) is 0 Å². The van der Waals surface area contributed by atoms with E-state index >= 15 is 0 Å². The summed E-state index contributed by atoms with van der Waals surface area (Å²) in [4.78, 5) is 2.52. The summed E-state index contributed by atoms with van der Waals surface area (Å²) < 4.78 is 2.55. The van der Waals surface area contributed by atoms with Crippen LogP contribution in [-0.2, 0) is 23.6 Å². The number of aryl methyl sites for hydroxylation is 1. The molecule has 0 aliphatic carbocycles. The molecule has 210 valence electrons. The summed E-state index contributed by atoms with van der Waals surface area (Å²) in [7, 11) is 0. The minimum Gasteiger partial charge on any atom is -0.308 e. The zero-order valence-corrected chi connectivity index (χ0v) is 27.8. The third-order valence-corrected chi connectivity index (χ3v) is 17.8. The van der Waals surface area contributed by atoms with Crippen molar-refractivity contribution in [3.63, 3.8) is 0 Å². The van der Waals surface area contributed by atoms with Crippen LogP contribution in [0.15, 0.2) is 109 Å². The highest BCUT2D eigenvalue weighted by molar-refractivity contribution is 8.22. The Morgan fingerprint density at radius 2 is 1.10 bits per heavy atom. The molecule has 6 heteroatoms. The largest absolute Gasteiger partial charge is 0.308 e. The molecular formula is C36H34N2P2S2. The quantitative estimate of drug-likeness (QED) is 0.183. The van der Waals surface area contributed by atoms with E-state index in [0.29, 0.717) is 0 Å². The molecule has 2 heterocycles. The number of hydrogen-bond acceptors (Lipinski definition) is 3. The average Bonchev–Trinajstić information content (AvgIpc) is 3.02. The first-order valence-electron chi connectivity index (χ1n) is 14.6. The van der Waals surface area contributed by atoms with Crippen LogP contribution >= 0.6 is 12.2 Å². The summed E-state index contributed by atoms with van der Waals surface area (Å²) in [5, 5.41) is 5.13. The van der Waals surface area contributed by atoms with Crippen molar-refractivity contribution in [2.75, 3.05) is 24.7 Å². The molecule has 2 aliphatic rings. The van der Waals surface area contributed by atoms with Crippen molar-refractivity contribution in [3.05, 3.63) is 115 Å². The summed E-state index contributed by atoms with van der Waals surface area (Å²) in [5.74, 6) is 0. The molecule has 7 rings (SSSR count). The average molecular weight is 621 g/mol. The van der Waals surface area contributed by atoms with E-state index in [4.69, 9.17) is 23.6 Å². The monoisotopic (exact) mass is 620 g/mol. The van der Waals surface area contributed by atoms with Gasteiger partial charge in [-0.2, -0.15) is 0 Å². The van der Waals surface area contributed by atoms with Crippen molar-refractivity contribution in [1.82, 2.24) is 4.67 Å². The molecule has 42 heavy (non-hydrogen) atoms. The van der Waals surface area contributed by atoms with E-state index in [1.54, 1.807) is 0 Å². The van der Waals surface area contributed by atoms with Gasteiger partial charge >= 0.3 is 0 Å². The Hall–Kier alpha value is -2.84. The minimum absolute atomic E-state index is 0.908. The Morgan fingerprint density at radius 1 is 0.595 bits per heavy atom. The second kappa shape index (κ2) is 10.4. The van der Waals surface area contributed by atoms with Crippen LogP contribution in [-0.4, -0.2) is 24.4 Å². The second-order valence-corrected chi connectivity index (χ2v) is 20.5. The predicted molar refractivity (Wildman–Crippen MR) is 193 cm³/mol. The maximum absolute atomic E-state index is 6.95. The van der Waals surface area contributed by atoms with Gasteiger partial charge in [0.2, 0.25) is 0 Å². The Bertz CT molecular complexity index is 1950. The van der Waals surface area contributed by atoms with Crippen LogP contribution in [0.2, 0.25) is 0 Å². The highest BCUT2D eigenvalue weighted by Gasteiger charge is 2.45. The number of anilines is 3. The lowest BCUT2D eigenvalue weighted by Gasteiger charge is -2.48. The Morgan fingerprint density at radius 3 is 1.64 bits per heavy atom. The molecule has 0 aromatic heterocycles. The Kier molecular flexibility index (Phi) is 6.93. The zero-order chi connectivity index (χ0) is 29.2. The van der Waals surface area contributed by atoms with Gasteiger partial charge in [-0.15, -0.1) is 0 Å². The van der Waals surface area contributed by atoms with E-state index in [9.17, 15) is 0 Å². The van der Waals surface area contributed by atoms with E-state index in [2.05, 4.69) is 146 Å². The topological polar surface area (TPSA) is 6.48 Å². The molecule has 0 spiro atoms. The molecular weight excluding hydrogens is 586 g/mol. The molecule has 5 aromatic rings. The summed E-state index contributed by atoms with van der Waals surface area (Å²) in [5.41, 5.74) is 9.72.